The summed E-state index contributed by atoms with van der Waals surface area (Å²) in [5, 5.41) is 0. The van der Waals surface area contributed by atoms with Crippen molar-refractivity contribution in [1.82, 2.24) is 0 Å². The predicted molar refractivity (Wildman–Crippen MR) is 110 cm³/mol. The summed E-state index contributed by atoms with van der Waals surface area (Å²) in [6.45, 7) is 22.3. The van der Waals surface area contributed by atoms with E-state index in [0.29, 0.717) is 16.2 Å². The molecule has 25 heavy (non-hydrogen) atoms. The van der Waals surface area contributed by atoms with Crippen LogP contribution in [0, 0.1) is 57.7 Å². The van der Waals surface area contributed by atoms with E-state index in [9.17, 15) is 0 Å². The zero-order valence-corrected chi connectivity index (χ0v) is 18.8. The highest BCUT2D eigenvalue weighted by atomic mass is 14.6. The predicted octanol–water partition coefficient (Wildman–Crippen LogP) is 7.82. The van der Waals surface area contributed by atoms with Crippen molar-refractivity contribution in [3.63, 3.8) is 0 Å². The number of hydrogen-bond acceptors (Lipinski definition) is 0. The van der Waals surface area contributed by atoms with Crippen LogP contribution in [0.4, 0.5) is 0 Å². The summed E-state index contributed by atoms with van der Waals surface area (Å²) in [7, 11) is 0. The normalized spacial score (nSPS) is 41.4. The Kier molecular flexibility index (Phi) is 4.95. The highest BCUT2D eigenvalue weighted by molar-refractivity contribution is 5.07. The van der Waals surface area contributed by atoms with Crippen LogP contribution in [-0.2, 0) is 0 Å². The first-order valence-corrected chi connectivity index (χ1v) is 11.2. The highest BCUT2D eigenvalue weighted by Crippen LogP contribution is 2.66. The largest absolute Gasteiger partial charge is 0.0602 e. The molecular weight excluding hydrogens is 300 g/mol. The van der Waals surface area contributed by atoms with Crippen LogP contribution in [0.15, 0.2) is 0 Å². The summed E-state index contributed by atoms with van der Waals surface area (Å²) in [5.74, 6) is 7.21. The van der Waals surface area contributed by atoms with Gasteiger partial charge in [0.05, 0.1) is 0 Å². The van der Waals surface area contributed by atoms with Gasteiger partial charge in [-0.05, 0) is 96.2 Å². The van der Waals surface area contributed by atoms with Gasteiger partial charge >= 0.3 is 0 Å². The molecule has 0 aromatic heterocycles. The maximum absolute atomic E-state index is 2.48. The minimum atomic E-state index is 0.485. The Morgan fingerprint density at radius 2 is 0.720 bits per heavy atom. The molecule has 0 heterocycles. The minimum Gasteiger partial charge on any atom is -0.0602 e. The Hall–Kier alpha value is 0. The molecule has 4 aliphatic carbocycles. The Morgan fingerprint density at radius 3 is 0.920 bits per heavy atom. The van der Waals surface area contributed by atoms with E-state index in [0.717, 1.165) is 41.4 Å². The van der Waals surface area contributed by atoms with Crippen molar-refractivity contribution in [3.8, 4) is 0 Å². The average Bonchev–Trinajstić information content (AvgIpc) is 2.36. The van der Waals surface area contributed by atoms with Gasteiger partial charge in [-0.15, -0.1) is 0 Å². The van der Waals surface area contributed by atoms with Crippen molar-refractivity contribution in [2.75, 3.05) is 0 Å². The lowest BCUT2D eigenvalue weighted by Crippen LogP contribution is -2.57. The summed E-state index contributed by atoms with van der Waals surface area (Å²) >= 11 is 0. The van der Waals surface area contributed by atoms with Crippen LogP contribution in [0.5, 0.6) is 0 Å². The molecule has 0 heteroatoms. The summed E-state index contributed by atoms with van der Waals surface area (Å²) in [6.07, 6.45) is 9.08. The van der Waals surface area contributed by atoms with Crippen molar-refractivity contribution in [1.29, 1.82) is 0 Å². The lowest BCUT2D eigenvalue weighted by atomic mass is 9.41. The number of rotatable bonds is 3. The Labute approximate surface area is 158 Å². The molecule has 0 unspecified atom stereocenters. The van der Waals surface area contributed by atoms with E-state index in [4.69, 9.17) is 0 Å². The van der Waals surface area contributed by atoms with Gasteiger partial charge in [-0.3, -0.25) is 0 Å². The molecule has 4 fully saturated rings. The van der Waals surface area contributed by atoms with E-state index in [-0.39, 0.29) is 0 Å². The first-order valence-electron chi connectivity index (χ1n) is 11.2. The van der Waals surface area contributed by atoms with E-state index < -0.39 is 0 Å². The molecule has 0 N–H and O–H groups in total. The van der Waals surface area contributed by atoms with Gasteiger partial charge < -0.3 is 0 Å². The lowest BCUT2D eigenvalue weighted by Gasteiger charge is -2.64. The van der Waals surface area contributed by atoms with Gasteiger partial charge in [0.25, 0.3) is 0 Å². The summed E-state index contributed by atoms with van der Waals surface area (Å²) in [4.78, 5) is 0. The van der Waals surface area contributed by atoms with Crippen molar-refractivity contribution >= 4 is 0 Å². The molecule has 0 aromatic carbocycles. The molecule has 4 saturated carbocycles. The smallest absolute Gasteiger partial charge is 0.0347 e. The molecular formula is C25H46. The number of hydrogen-bond donors (Lipinski definition) is 0. The Balaban J connectivity index is 1.92. The molecule has 0 atom stereocenters. The van der Waals surface area contributed by atoms with Crippen LogP contribution >= 0.6 is 0 Å². The molecule has 4 bridgehead atoms. The maximum Gasteiger partial charge on any atom is -0.0347 e. The highest BCUT2D eigenvalue weighted by Gasteiger charge is 2.58. The third-order valence-corrected chi connectivity index (χ3v) is 7.66. The second-order valence-electron chi connectivity index (χ2n) is 13.9. The third kappa shape index (κ3) is 4.47. The lowest BCUT2D eigenvalue weighted by molar-refractivity contribution is -0.154. The van der Waals surface area contributed by atoms with Gasteiger partial charge in [0.15, 0.2) is 0 Å². The van der Waals surface area contributed by atoms with Crippen LogP contribution in [0.3, 0.4) is 0 Å². The minimum absolute atomic E-state index is 0.485. The maximum atomic E-state index is 2.48. The fourth-order valence-electron chi connectivity index (χ4n) is 7.43. The Bertz CT molecular complexity index is 382. The summed E-state index contributed by atoms with van der Waals surface area (Å²) in [5.41, 5.74) is 1.45. The molecule has 0 saturated heterocycles. The molecule has 4 aliphatic rings. The van der Waals surface area contributed by atoms with Gasteiger partial charge in [-0.2, -0.15) is 0 Å². The summed E-state index contributed by atoms with van der Waals surface area (Å²) in [6, 6.07) is 0. The quantitative estimate of drug-likeness (QED) is 0.488. The van der Waals surface area contributed by atoms with E-state index in [1.165, 1.54) is 19.3 Å². The van der Waals surface area contributed by atoms with E-state index in [2.05, 4.69) is 62.3 Å². The molecule has 0 amide bonds. The molecule has 0 spiro atoms. The SMILES string of the molecule is CC(C)(C)CC1C2CC3CC1C(CC(C)(C)C)C(C3)C2CC(C)(C)C. The van der Waals surface area contributed by atoms with Crippen LogP contribution < -0.4 is 0 Å². The second kappa shape index (κ2) is 6.27. The monoisotopic (exact) mass is 346 g/mol. The fourth-order valence-corrected chi connectivity index (χ4v) is 7.43. The standard InChI is InChI=1S/C25H46/c1-23(2,3)13-20-17-10-16-11-18(20)22(15-25(7,8)9)19(12-16)21(17)14-24(4,5)6/h16-22H,10-15H2,1-9H3. The molecule has 0 nitrogen and oxygen atoms in total. The zero-order valence-electron chi connectivity index (χ0n) is 18.8. The average molecular weight is 347 g/mol. The van der Waals surface area contributed by atoms with Gasteiger partial charge in [-0.25, -0.2) is 0 Å². The van der Waals surface area contributed by atoms with E-state index in [1.54, 1.807) is 19.3 Å². The van der Waals surface area contributed by atoms with Crippen molar-refractivity contribution in [2.24, 2.45) is 57.7 Å². The van der Waals surface area contributed by atoms with Crippen LogP contribution in [0.1, 0.15) is 101 Å². The topological polar surface area (TPSA) is 0 Å². The van der Waals surface area contributed by atoms with Crippen LogP contribution in [0.2, 0.25) is 0 Å². The first-order chi connectivity index (χ1) is 11.2. The van der Waals surface area contributed by atoms with Gasteiger partial charge in [0.1, 0.15) is 0 Å². The first kappa shape index (κ1) is 19.8. The summed E-state index contributed by atoms with van der Waals surface area (Å²) < 4.78 is 0. The van der Waals surface area contributed by atoms with Crippen LogP contribution in [-0.4, -0.2) is 0 Å². The molecule has 0 aromatic rings. The van der Waals surface area contributed by atoms with Crippen molar-refractivity contribution in [3.05, 3.63) is 0 Å². The fraction of sp³-hybridized carbons (Fsp3) is 1.00. The van der Waals surface area contributed by atoms with Gasteiger partial charge in [0, 0.05) is 0 Å². The van der Waals surface area contributed by atoms with Crippen LogP contribution in [0.25, 0.3) is 0 Å². The van der Waals surface area contributed by atoms with Gasteiger partial charge in [0.2, 0.25) is 0 Å². The second-order valence-corrected chi connectivity index (χ2v) is 13.9. The van der Waals surface area contributed by atoms with E-state index >= 15 is 0 Å². The molecule has 146 valence electrons. The molecule has 4 rings (SSSR count). The van der Waals surface area contributed by atoms with Crippen molar-refractivity contribution in [2.45, 2.75) is 101 Å². The zero-order chi connectivity index (χ0) is 18.8. The van der Waals surface area contributed by atoms with Gasteiger partial charge in [-0.1, -0.05) is 62.3 Å². The third-order valence-electron chi connectivity index (χ3n) is 7.66. The molecule has 0 aliphatic heterocycles. The Morgan fingerprint density at radius 1 is 0.480 bits per heavy atom. The van der Waals surface area contributed by atoms with Crippen molar-refractivity contribution < 1.29 is 0 Å². The molecule has 0 radical (unpaired) electrons. The van der Waals surface area contributed by atoms with E-state index in [1.807, 2.05) is 0 Å².